The van der Waals surface area contributed by atoms with E-state index in [1.165, 1.54) is 39.5 Å². The highest BCUT2D eigenvalue weighted by Crippen LogP contribution is 2.31. The van der Waals surface area contributed by atoms with Gasteiger partial charge < -0.3 is 19.9 Å². The van der Waals surface area contributed by atoms with Gasteiger partial charge in [-0.15, -0.1) is 0 Å². The van der Waals surface area contributed by atoms with Crippen LogP contribution in [0.1, 0.15) is 38.5 Å². The van der Waals surface area contributed by atoms with Gasteiger partial charge >= 0.3 is 5.97 Å². The summed E-state index contributed by atoms with van der Waals surface area (Å²) in [7, 11) is 5.56. The standard InChI is InChI=1S/C16H31N3O2/c1-17-16(15(20)21-3)8-6-7-14(13-16)18(2)11-12-19-9-4-5-10-19/h14,17H,4-13H2,1-3H3. The maximum absolute atomic E-state index is 12.1. The number of nitrogens with zero attached hydrogens (tertiary/aromatic N) is 2. The van der Waals surface area contributed by atoms with E-state index in [1.54, 1.807) is 0 Å². The van der Waals surface area contributed by atoms with Gasteiger partial charge in [0.15, 0.2) is 0 Å². The van der Waals surface area contributed by atoms with Gasteiger partial charge in [-0.2, -0.15) is 0 Å². The van der Waals surface area contributed by atoms with Crippen LogP contribution in [-0.4, -0.2) is 74.7 Å². The fourth-order valence-electron chi connectivity index (χ4n) is 3.82. The van der Waals surface area contributed by atoms with E-state index in [2.05, 4.69) is 22.2 Å². The molecule has 0 spiro atoms. The Kier molecular flexibility index (Phi) is 6.02. The lowest BCUT2D eigenvalue weighted by atomic mass is 9.78. The van der Waals surface area contributed by atoms with Crippen LogP contribution >= 0.6 is 0 Å². The number of esters is 1. The summed E-state index contributed by atoms with van der Waals surface area (Å²) in [6.07, 6.45) is 6.68. The first-order chi connectivity index (χ1) is 10.1. The van der Waals surface area contributed by atoms with Crippen molar-refractivity contribution in [3.63, 3.8) is 0 Å². The van der Waals surface area contributed by atoms with Crippen LogP contribution in [0.2, 0.25) is 0 Å². The van der Waals surface area contributed by atoms with Crippen molar-refractivity contribution in [3.8, 4) is 0 Å². The minimum atomic E-state index is -0.487. The third-order valence-electron chi connectivity index (χ3n) is 5.37. The maximum Gasteiger partial charge on any atom is 0.326 e. The van der Waals surface area contributed by atoms with Crippen LogP contribution in [-0.2, 0) is 9.53 Å². The molecule has 0 radical (unpaired) electrons. The van der Waals surface area contributed by atoms with E-state index >= 15 is 0 Å². The maximum atomic E-state index is 12.1. The molecule has 2 atom stereocenters. The van der Waals surface area contributed by atoms with Crippen molar-refractivity contribution in [2.24, 2.45) is 0 Å². The van der Waals surface area contributed by atoms with E-state index < -0.39 is 5.54 Å². The molecule has 2 rings (SSSR count). The van der Waals surface area contributed by atoms with Crippen LogP contribution < -0.4 is 5.32 Å². The average Bonchev–Trinajstić information content (AvgIpc) is 3.05. The molecule has 1 saturated carbocycles. The van der Waals surface area contributed by atoms with Gasteiger partial charge in [-0.1, -0.05) is 0 Å². The fraction of sp³-hybridized carbons (Fsp3) is 0.938. The normalized spacial score (nSPS) is 30.8. The largest absolute Gasteiger partial charge is 0.468 e. The van der Waals surface area contributed by atoms with Gasteiger partial charge in [-0.05, 0) is 65.7 Å². The molecule has 0 bridgehead atoms. The molecule has 1 saturated heterocycles. The molecular weight excluding hydrogens is 266 g/mol. The summed E-state index contributed by atoms with van der Waals surface area (Å²) in [6, 6.07) is 0.466. The van der Waals surface area contributed by atoms with E-state index in [9.17, 15) is 4.79 Å². The molecule has 0 amide bonds. The van der Waals surface area contributed by atoms with Gasteiger partial charge in [0.05, 0.1) is 7.11 Å². The molecule has 122 valence electrons. The second-order valence-corrected chi connectivity index (χ2v) is 6.60. The Labute approximate surface area is 129 Å². The lowest BCUT2D eigenvalue weighted by Crippen LogP contribution is -2.57. The monoisotopic (exact) mass is 297 g/mol. The van der Waals surface area contributed by atoms with Crippen molar-refractivity contribution in [2.75, 3.05) is 47.4 Å². The Morgan fingerprint density at radius 1 is 1.38 bits per heavy atom. The molecule has 2 unspecified atom stereocenters. The summed E-state index contributed by atoms with van der Waals surface area (Å²) in [5.74, 6) is -0.109. The minimum absolute atomic E-state index is 0.109. The number of hydrogen-bond donors (Lipinski definition) is 1. The zero-order chi connectivity index (χ0) is 15.3. The Hall–Kier alpha value is -0.650. The molecule has 5 heteroatoms. The zero-order valence-electron chi connectivity index (χ0n) is 13.9. The summed E-state index contributed by atoms with van der Waals surface area (Å²) in [5, 5.41) is 3.24. The summed E-state index contributed by atoms with van der Waals surface area (Å²) in [4.78, 5) is 17.1. The van der Waals surface area contributed by atoms with Gasteiger partial charge in [-0.3, -0.25) is 4.79 Å². The quantitative estimate of drug-likeness (QED) is 0.744. The van der Waals surface area contributed by atoms with Gasteiger partial charge in [0, 0.05) is 19.1 Å². The van der Waals surface area contributed by atoms with E-state index in [0.29, 0.717) is 6.04 Å². The van der Waals surface area contributed by atoms with Crippen LogP contribution in [0.25, 0.3) is 0 Å². The average molecular weight is 297 g/mol. The van der Waals surface area contributed by atoms with Crippen LogP contribution in [0.5, 0.6) is 0 Å². The number of likely N-dealkylation sites (tertiary alicyclic amines) is 1. The minimum Gasteiger partial charge on any atom is -0.468 e. The topological polar surface area (TPSA) is 44.8 Å². The van der Waals surface area contributed by atoms with E-state index in [4.69, 9.17) is 4.74 Å². The van der Waals surface area contributed by atoms with Crippen LogP contribution in [0, 0.1) is 0 Å². The van der Waals surface area contributed by atoms with Crippen LogP contribution in [0.4, 0.5) is 0 Å². The molecule has 0 aromatic carbocycles. The van der Waals surface area contributed by atoms with Crippen molar-refractivity contribution in [2.45, 2.75) is 50.1 Å². The Morgan fingerprint density at radius 3 is 2.71 bits per heavy atom. The number of rotatable bonds is 6. The Balaban J connectivity index is 1.88. The summed E-state index contributed by atoms with van der Waals surface area (Å²) >= 11 is 0. The Bertz CT molecular complexity index is 344. The Morgan fingerprint density at radius 2 is 2.10 bits per heavy atom. The zero-order valence-corrected chi connectivity index (χ0v) is 13.9. The summed E-state index contributed by atoms with van der Waals surface area (Å²) in [6.45, 7) is 4.74. The first kappa shape index (κ1) is 16.7. The van der Waals surface area contributed by atoms with Gasteiger partial charge in [0.1, 0.15) is 5.54 Å². The molecule has 2 aliphatic rings. The van der Waals surface area contributed by atoms with Crippen molar-refractivity contribution in [3.05, 3.63) is 0 Å². The fourth-order valence-corrected chi connectivity index (χ4v) is 3.82. The summed E-state index contributed by atoms with van der Waals surface area (Å²) < 4.78 is 5.03. The van der Waals surface area contributed by atoms with Gasteiger partial charge in [-0.25, -0.2) is 0 Å². The number of nitrogens with one attached hydrogen (secondary N) is 1. The lowest BCUT2D eigenvalue weighted by Gasteiger charge is -2.42. The first-order valence-electron chi connectivity index (χ1n) is 8.31. The molecule has 0 aromatic rings. The third kappa shape index (κ3) is 3.96. The number of likely N-dealkylation sites (N-methyl/N-ethyl adjacent to an activating group) is 2. The highest BCUT2D eigenvalue weighted by molar-refractivity contribution is 5.81. The summed E-state index contributed by atoms with van der Waals surface area (Å²) in [5.41, 5.74) is -0.487. The molecule has 1 aliphatic heterocycles. The molecule has 1 N–H and O–H groups in total. The molecule has 1 aliphatic carbocycles. The number of carbonyl (C=O) groups excluding carboxylic acids is 1. The van der Waals surface area contributed by atoms with Crippen molar-refractivity contribution in [1.29, 1.82) is 0 Å². The molecule has 2 fully saturated rings. The number of ether oxygens (including phenoxy) is 1. The second kappa shape index (κ2) is 7.56. The van der Waals surface area contributed by atoms with Gasteiger partial charge in [0.2, 0.25) is 0 Å². The van der Waals surface area contributed by atoms with Crippen molar-refractivity contribution < 1.29 is 9.53 Å². The molecular formula is C16H31N3O2. The number of hydrogen-bond acceptors (Lipinski definition) is 5. The number of methoxy groups -OCH3 is 1. The predicted octanol–water partition coefficient (Wildman–Crippen LogP) is 1.09. The highest BCUT2D eigenvalue weighted by Gasteiger charge is 2.43. The van der Waals surface area contributed by atoms with E-state index in [1.807, 2.05) is 7.05 Å². The molecule has 0 aromatic heterocycles. The van der Waals surface area contributed by atoms with Crippen molar-refractivity contribution >= 4 is 5.97 Å². The van der Waals surface area contributed by atoms with E-state index in [-0.39, 0.29) is 5.97 Å². The predicted molar refractivity (Wildman–Crippen MR) is 84.4 cm³/mol. The lowest BCUT2D eigenvalue weighted by molar-refractivity contribution is -0.150. The SMILES string of the molecule is CNC1(C(=O)OC)CCCC(N(C)CCN2CCCC2)C1. The molecule has 21 heavy (non-hydrogen) atoms. The second-order valence-electron chi connectivity index (χ2n) is 6.60. The first-order valence-corrected chi connectivity index (χ1v) is 8.31. The smallest absolute Gasteiger partial charge is 0.326 e. The third-order valence-corrected chi connectivity index (χ3v) is 5.37. The molecule has 1 heterocycles. The van der Waals surface area contributed by atoms with Crippen LogP contribution in [0.3, 0.4) is 0 Å². The van der Waals surface area contributed by atoms with Crippen LogP contribution in [0.15, 0.2) is 0 Å². The molecule has 5 nitrogen and oxygen atoms in total. The highest BCUT2D eigenvalue weighted by atomic mass is 16.5. The van der Waals surface area contributed by atoms with Crippen molar-refractivity contribution in [1.82, 2.24) is 15.1 Å². The number of carbonyl (C=O) groups is 1. The van der Waals surface area contributed by atoms with E-state index in [0.717, 1.165) is 32.4 Å². The van der Waals surface area contributed by atoms with Gasteiger partial charge in [0.25, 0.3) is 0 Å².